The Morgan fingerprint density at radius 2 is 1.70 bits per heavy atom. The molecule has 0 amide bonds. The Bertz CT molecular complexity index is 1150. The SMILES string of the molecule is Cc1ncsc1CN1CCC2(CC1)c1ccccc1N(Cc1ccccc1)S2(=O)=O. The number of rotatable bonds is 4. The number of fused-ring (bicyclic) bond motifs is 2. The third-order valence-corrected chi connectivity index (χ3v) is 9.93. The molecule has 0 radical (unpaired) electrons. The van der Waals surface area contributed by atoms with Crippen LogP contribution in [0.25, 0.3) is 0 Å². The quantitative estimate of drug-likeness (QED) is 0.608. The Morgan fingerprint density at radius 1 is 1.00 bits per heavy atom. The lowest BCUT2D eigenvalue weighted by atomic mass is 9.87. The zero-order chi connectivity index (χ0) is 20.8. The van der Waals surface area contributed by atoms with E-state index in [9.17, 15) is 8.42 Å². The average Bonchev–Trinajstić information content (AvgIpc) is 3.24. The van der Waals surface area contributed by atoms with Gasteiger partial charge in [0.25, 0.3) is 0 Å². The maximum Gasteiger partial charge on any atom is 0.245 e. The number of sulfonamides is 1. The van der Waals surface area contributed by atoms with Crippen LogP contribution in [0, 0.1) is 6.92 Å². The third kappa shape index (κ3) is 3.07. The van der Waals surface area contributed by atoms with Crippen molar-refractivity contribution in [1.82, 2.24) is 9.88 Å². The van der Waals surface area contributed by atoms with E-state index >= 15 is 0 Å². The first kappa shape index (κ1) is 19.7. The van der Waals surface area contributed by atoms with Crippen molar-refractivity contribution in [3.05, 3.63) is 81.8 Å². The molecule has 30 heavy (non-hydrogen) atoms. The summed E-state index contributed by atoms with van der Waals surface area (Å²) < 4.78 is 28.6. The molecular weight excluding hydrogens is 414 g/mol. The molecular formula is C23H25N3O2S2. The van der Waals surface area contributed by atoms with Gasteiger partial charge in [-0.1, -0.05) is 48.5 Å². The number of benzene rings is 2. The van der Waals surface area contributed by atoms with Gasteiger partial charge in [-0.3, -0.25) is 9.21 Å². The van der Waals surface area contributed by atoms with Crippen molar-refractivity contribution in [2.45, 2.75) is 37.6 Å². The maximum absolute atomic E-state index is 13.9. The Morgan fingerprint density at radius 3 is 2.40 bits per heavy atom. The predicted molar refractivity (Wildman–Crippen MR) is 121 cm³/mol. The Kier molecular flexibility index (Phi) is 4.92. The van der Waals surface area contributed by atoms with E-state index in [-0.39, 0.29) is 0 Å². The standard InChI is InChI=1S/C23H25N3O2S2/c1-18-22(29-17-24-18)16-25-13-11-23(12-14-25)20-9-5-6-10-21(20)26(30(23,27)28)15-19-7-3-2-4-8-19/h2-10,17H,11-16H2,1H3. The molecule has 7 heteroatoms. The lowest BCUT2D eigenvalue weighted by Crippen LogP contribution is -2.48. The predicted octanol–water partition coefficient (Wildman–Crippen LogP) is 4.29. The van der Waals surface area contributed by atoms with Crippen molar-refractivity contribution in [2.24, 2.45) is 0 Å². The zero-order valence-corrected chi connectivity index (χ0v) is 18.6. The fourth-order valence-corrected chi connectivity index (χ4v) is 7.88. The van der Waals surface area contributed by atoms with E-state index in [0.717, 1.165) is 42.1 Å². The largest absolute Gasteiger partial charge is 0.298 e. The number of para-hydroxylation sites is 1. The number of aryl methyl sites for hydroxylation is 1. The summed E-state index contributed by atoms with van der Waals surface area (Å²) in [4.78, 5) is 7.98. The van der Waals surface area contributed by atoms with Crippen LogP contribution in [0.3, 0.4) is 0 Å². The second-order valence-electron chi connectivity index (χ2n) is 8.15. The van der Waals surface area contributed by atoms with Crippen molar-refractivity contribution in [2.75, 3.05) is 17.4 Å². The van der Waals surface area contributed by atoms with E-state index in [2.05, 4.69) is 9.88 Å². The van der Waals surface area contributed by atoms with Crippen LogP contribution in [0.5, 0.6) is 0 Å². The first-order valence-corrected chi connectivity index (χ1v) is 12.6. The Labute approximate surface area is 182 Å². The lowest BCUT2D eigenvalue weighted by Gasteiger charge is -2.39. The molecule has 5 rings (SSSR count). The number of aromatic nitrogens is 1. The van der Waals surface area contributed by atoms with Crippen LogP contribution < -0.4 is 4.31 Å². The minimum Gasteiger partial charge on any atom is -0.298 e. The summed E-state index contributed by atoms with van der Waals surface area (Å²) in [6, 6.07) is 17.7. The second-order valence-corrected chi connectivity index (χ2v) is 11.3. The summed E-state index contributed by atoms with van der Waals surface area (Å²) >= 11 is 1.68. The van der Waals surface area contributed by atoms with Gasteiger partial charge in [0.1, 0.15) is 4.75 Å². The number of likely N-dealkylation sites (tertiary alicyclic amines) is 1. The molecule has 1 spiro atoms. The summed E-state index contributed by atoms with van der Waals surface area (Å²) in [5.41, 5.74) is 5.77. The lowest BCUT2D eigenvalue weighted by molar-refractivity contribution is 0.190. The maximum atomic E-state index is 13.9. The van der Waals surface area contributed by atoms with Crippen molar-refractivity contribution in [3.8, 4) is 0 Å². The Balaban J connectivity index is 1.45. The molecule has 2 aromatic carbocycles. The van der Waals surface area contributed by atoms with Crippen LogP contribution in [-0.2, 0) is 27.9 Å². The van der Waals surface area contributed by atoms with E-state index in [1.165, 1.54) is 4.88 Å². The van der Waals surface area contributed by atoms with Crippen LogP contribution in [0.15, 0.2) is 60.1 Å². The highest BCUT2D eigenvalue weighted by molar-refractivity contribution is 7.94. The van der Waals surface area contributed by atoms with Gasteiger partial charge in [-0.05, 0) is 37.0 Å². The van der Waals surface area contributed by atoms with Gasteiger partial charge < -0.3 is 0 Å². The normalized spacial score (nSPS) is 19.8. The minimum absolute atomic E-state index is 0.381. The molecule has 0 unspecified atom stereocenters. The third-order valence-electron chi connectivity index (χ3n) is 6.49. The van der Waals surface area contributed by atoms with Gasteiger partial charge >= 0.3 is 0 Å². The molecule has 3 heterocycles. The van der Waals surface area contributed by atoms with Gasteiger partial charge in [0.05, 0.1) is 23.4 Å². The molecule has 1 fully saturated rings. The fraction of sp³-hybridized carbons (Fsp3) is 0.348. The summed E-state index contributed by atoms with van der Waals surface area (Å²) in [7, 11) is -3.50. The first-order chi connectivity index (χ1) is 14.5. The number of hydrogen-bond acceptors (Lipinski definition) is 5. The second kappa shape index (κ2) is 7.48. The molecule has 2 aliphatic rings. The topological polar surface area (TPSA) is 53.5 Å². The average molecular weight is 440 g/mol. The van der Waals surface area contributed by atoms with E-state index in [4.69, 9.17) is 0 Å². The van der Waals surface area contributed by atoms with Crippen LogP contribution in [-0.4, -0.2) is 31.4 Å². The van der Waals surface area contributed by atoms with Gasteiger partial charge in [0.2, 0.25) is 10.0 Å². The van der Waals surface area contributed by atoms with Crippen molar-refractivity contribution >= 4 is 27.0 Å². The van der Waals surface area contributed by atoms with E-state index in [1.54, 1.807) is 15.6 Å². The van der Waals surface area contributed by atoms with Gasteiger partial charge in [0.15, 0.2) is 0 Å². The number of thiazole rings is 1. The van der Waals surface area contributed by atoms with Crippen molar-refractivity contribution in [1.29, 1.82) is 0 Å². The minimum atomic E-state index is -3.50. The van der Waals surface area contributed by atoms with Crippen LogP contribution in [0.4, 0.5) is 5.69 Å². The van der Waals surface area contributed by atoms with Crippen LogP contribution >= 0.6 is 11.3 Å². The van der Waals surface area contributed by atoms with E-state index in [1.807, 2.05) is 67.0 Å². The first-order valence-electron chi connectivity index (χ1n) is 10.3. The summed E-state index contributed by atoms with van der Waals surface area (Å²) in [6.07, 6.45) is 1.24. The molecule has 0 N–H and O–H groups in total. The zero-order valence-electron chi connectivity index (χ0n) is 17.0. The smallest absolute Gasteiger partial charge is 0.245 e. The fourth-order valence-electron chi connectivity index (χ4n) is 4.76. The van der Waals surface area contributed by atoms with E-state index < -0.39 is 14.8 Å². The van der Waals surface area contributed by atoms with Crippen molar-refractivity contribution in [3.63, 3.8) is 0 Å². The molecule has 5 nitrogen and oxygen atoms in total. The highest BCUT2D eigenvalue weighted by atomic mass is 32.2. The molecule has 3 aromatic rings. The molecule has 2 aliphatic heterocycles. The molecule has 156 valence electrons. The molecule has 1 saturated heterocycles. The highest BCUT2D eigenvalue weighted by Gasteiger charge is 2.56. The van der Waals surface area contributed by atoms with Gasteiger partial charge in [-0.15, -0.1) is 11.3 Å². The molecule has 0 saturated carbocycles. The molecule has 1 aromatic heterocycles. The summed E-state index contributed by atoms with van der Waals surface area (Å²) in [5.74, 6) is 0. The van der Waals surface area contributed by atoms with Crippen LogP contribution in [0.2, 0.25) is 0 Å². The number of piperidine rings is 1. The molecule has 0 aliphatic carbocycles. The number of hydrogen-bond donors (Lipinski definition) is 0. The van der Waals surface area contributed by atoms with Gasteiger partial charge in [-0.2, -0.15) is 0 Å². The summed E-state index contributed by atoms with van der Waals surface area (Å²) in [5, 5.41) is 0. The van der Waals surface area contributed by atoms with Gasteiger partial charge in [-0.25, -0.2) is 13.4 Å². The molecule has 0 bridgehead atoms. The van der Waals surface area contributed by atoms with Crippen molar-refractivity contribution < 1.29 is 8.42 Å². The highest BCUT2D eigenvalue weighted by Crippen LogP contribution is 2.53. The summed E-state index contributed by atoms with van der Waals surface area (Å²) in [6.45, 7) is 4.80. The molecule has 0 atom stereocenters. The number of anilines is 1. The van der Waals surface area contributed by atoms with Gasteiger partial charge in [0, 0.05) is 24.5 Å². The Hall–Kier alpha value is -2.22. The number of nitrogens with zero attached hydrogens (tertiary/aromatic N) is 3. The van der Waals surface area contributed by atoms with Crippen LogP contribution in [0.1, 0.15) is 34.5 Å². The van der Waals surface area contributed by atoms with E-state index in [0.29, 0.717) is 19.4 Å². The monoisotopic (exact) mass is 439 g/mol.